The van der Waals surface area contributed by atoms with Crippen molar-refractivity contribution >= 4 is 17.4 Å². The Morgan fingerprint density at radius 2 is 2.17 bits per heavy atom. The maximum Gasteiger partial charge on any atom is 0.318 e. The number of urea groups is 1. The van der Waals surface area contributed by atoms with Crippen LogP contribution in [0.4, 0.5) is 4.79 Å². The molecule has 1 aliphatic carbocycles. The first kappa shape index (κ1) is 16.0. The zero-order chi connectivity index (χ0) is 16.1. The Balaban J connectivity index is 1.74. The molecule has 1 aromatic heterocycles. The number of hydrogen-bond donors (Lipinski definition) is 2. The van der Waals surface area contributed by atoms with Gasteiger partial charge >= 0.3 is 6.03 Å². The predicted octanol–water partition coefficient (Wildman–Crippen LogP) is 3.33. The van der Waals surface area contributed by atoms with Gasteiger partial charge in [0.2, 0.25) is 0 Å². The average molecular weight is 330 g/mol. The third-order valence-electron chi connectivity index (χ3n) is 4.31. The molecule has 1 aliphatic rings. The fourth-order valence-electron chi connectivity index (χ4n) is 3.24. The Labute approximate surface area is 140 Å². The highest BCUT2D eigenvalue weighted by Gasteiger charge is 2.28. The minimum atomic E-state index is -0.103. The Morgan fingerprint density at radius 3 is 2.96 bits per heavy atom. The van der Waals surface area contributed by atoms with Crippen LogP contribution in [0, 0.1) is 0 Å². The van der Waals surface area contributed by atoms with Crippen LogP contribution in [-0.2, 0) is 13.0 Å². The van der Waals surface area contributed by atoms with Crippen molar-refractivity contribution in [3.8, 4) is 0 Å². The van der Waals surface area contributed by atoms with Gasteiger partial charge < -0.3 is 15.3 Å². The van der Waals surface area contributed by atoms with E-state index >= 15 is 0 Å². The van der Waals surface area contributed by atoms with E-state index in [1.807, 2.05) is 23.6 Å². The fraction of sp³-hybridized carbons (Fsp3) is 0.389. The van der Waals surface area contributed by atoms with E-state index < -0.39 is 0 Å². The molecule has 0 saturated carbocycles. The van der Waals surface area contributed by atoms with Crippen molar-refractivity contribution < 1.29 is 9.90 Å². The summed E-state index contributed by atoms with van der Waals surface area (Å²) in [5, 5.41) is 14.4. The van der Waals surface area contributed by atoms with Gasteiger partial charge in [0.25, 0.3) is 0 Å². The summed E-state index contributed by atoms with van der Waals surface area (Å²) in [6.45, 7) is 0.868. The van der Waals surface area contributed by atoms with E-state index in [9.17, 15) is 9.90 Å². The number of nitrogens with one attached hydrogen (secondary N) is 1. The predicted molar refractivity (Wildman–Crippen MR) is 92.5 cm³/mol. The maximum atomic E-state index is 12.6. The Kier molecular flexibility index (Phi) is 5.31. The molecule has 0 saturated heterocycles. The van der Waals surface area contributed by atoms with Crippen LogP contribution < -0.4 is 5.32 Å². The highest BCUT2D eigenvalue weighted by atomic mass is 32.1. The van der Waals surface area contributed by atoms with Gasteiger partial charge in [0.15, 0.2) is 0 Å². The third kappa shape index (κ3) is 3.74. The molecule has 5 heteroatoms. The summed E-state index contributed by atoms with van der Waals surface area (Å²) in [7, 11) is 0. The topological polar surface area (TPSA) is 52.6 Å². The van der Waals surface area contributed by atoms with Crippen molar-refractivity contribution in [1.82, 2.24) is 10.2 Å². The Bertz CT molecular complexity index is 642. The molecular weight excluding hydrogens is 308 g/mol. The molecule has 0 bridgehead atoms. The molecule has 1 aromatic carbocycles. The molecule has 1 atom stereocenters. The standard InChI is InChI=1S/C18H22N2O2S/c21-11-10-20(18(22)19-13-15-7-4-12-23-15)17-9-3-6-14-5-1-2-8-16(14)17/h1-2,4-5,7-8,12,17,21H,3,6,9-11,13H2,(H,19,22). The van der Waals surface area contributed by atoms with E-state index in [0.717, 1.165) is 24.1 Å². The Hall–Kier alpha value is -1.85. The number of fused-ring (bicyclic) bond motifs is 1. The van der Waals surface area contributed by atoms with Crippen LogP contribution >= 0.6 is 11.3 Å². The highest BCUT2D eigenvalue weighted by Crippen LogP contribution is 2.34. The normalized spacial score (nSPS) is 16.7. The summed E-state index contributed by atoms with van der Waals surface area (Å²) in [5.74, 6) is 0. The van der Waals surface area contributed by atoms with E-state index in [0.29, 0.717) is 13.1 Å². The molecule has 23 heavy (non-hydrogen) atoms. The second-order valence-electron chi connectivity index (χ2n) is 5.76. The fourth-order valence-corrected chi connectivity index (χ4v) is 3.88. The summed E-state index contributed by atoms with van der Waals surface area (Å²) in [5.41, 5.74) is 2.54. The largest absolute Gasteiger partial charge is 0.395 e. The molecule has 4 nitrogen and oxygen atoms in total. The molecule has 2 N–H and O–H groups in total. The summed E-state index contributed by atoms with van der Waals surface area (Å²) in [6, 6.07) is 12.3. The number of aliphatic hydroxyl groups excluding tert-OH is 1. The first-order chi connectivity index (χ1) is 11.3. The van der Waals surface area contributed by atoms with Gasteiger partial charge in [0.05, 0.1) is 19.2 Å². The summed E-state index contributed by atoms with van der Waals surface area (Å²) in [4.78, 5) is 15.6. The number of benzene rings is 1. The smallest absolute Gasteiger partial charge is 0.318 e. The van der Waals surface area contributed by atoms with Crippen LogP contribution in [-0.4, -0.2) is 29.2 Å². The monoisotopic (exact) mass is 330 g/mol. The lowest BCUT2D eigenvalue weighted by Crippen LogP contribution is -2.44. The van der Waals surface area contributed by atoms with Gasteiger partial charge in [-0.05, 0) is 41.8 Å². The molecular formula is C18H22N2O2S. The van der Waals surface area contributed by atoms with E-state index in [-0.39, 0.29) is 18.7 Å². The molecule has 0 radical (unpaired) electrons. The van der Waals surface area contributed by atoms with Crippen molar-refractivity contribution in [2.24, 2.45) is 0 Å². The lowest BCUT2D eigenvalue weighted by molar-refractivity contribution is 0.144. The van der Waals surface area contributed by atoms with E-state index in [1.165, 1.54) is 11.1 Å². The van der Waals surface area contributed by atoms with Gasteiger partial charge in [-0.2, -0.15) is 0 Å². The van der Waals surface area contributed by atoms with Crippen LogP contribution in [0.1, 0.15) is 34.9 Å². The summed E-state index contributed by atoms with van der Waals surface area (Å²) in [6.07, 6.45) is 3.09. The van der Waals surface area contributed by atoms with Gasteiger partial charge in [-0.15, -0.1) is 11.3 Å². The molecule has 0 spiro atoms. The van der Waals surface area contributed by atoms with E-state index in [1.54, 1.807) is 16.2 Å². The number of aliphatic hydroxyl groups is 1. The van der Waals surface area contributed by atoms with Crippen molar-refractivity contribution in [2.45, 2.75) is 31.8 Å². The number of nitrogens with zero attached hydrogens (tertiary/aromatic N) is 1. The van der Waals surface area contributed by atoms with Gasteiger partial charge in [-0.25, -0.2) is 4.79 Å². The Morgan fingerprint density at radius 1 is 1.30 bits per heavy atom. The number of rotatable bonds is 5. The highest BCUT2D eigenvalue weighted by molar-refractivity contribution is 7.09. The molecule has 1 heterocycles. The van der Waals surface area contributed by atoms with Crippen molar-refractivity contribution in [3.05, 3.63) is 57.8 Å². The number of amides is 2. The zero-order valence-corrected chi connectivity index (χ0v) is 13.9. The molecule has 2 amide bonds. The number of aryl methyl sites for hydroxylation is 1. The third-order valence-corrected chi connectivity index (χ3v) is 5.19. The van der Waals surface area contributed by atoms with Crippen molar-refractivity contribution in [2.75, 3.05) is 13.2 Å². The van der Waals surface area contributed by atoms with Crippen LogP contribution in [0.2, 0.25) is 0 Å². The number of hydrogen-bond acceptors (Lipinski definition) is 3. The zero-order valence-electron chi connectivity index (χ0n) is 13.1. The first-order valence-electron chi connectivity index (χ1n) is 8.05. The minimum absolute atomic E-state index is 0.0227. The molecule has 122 valence electrons. The molecule has 0 aliphatic heterocycles. The van der Waals surface area contributed by atoms with Gasteiger partial charge in [-0.3, -0.25) is 0 Å². The maximum absolute atomic E-state index is 12.6. The van der Waals surface area contributed by atoms with Crippen LogP contribution in [0.15, 0.2) is 41.8 Å². The van der Waals surface area contributed by atoms with Crippen LogP contribution in [0.3, 0.4) is 0 Å². The molecule has 3 rings (SSSR count). The first-order valence-corrected chi connectivity index (χ1v) is 8.93. The summed E-state index contributed by atoms with van der Waals surface area (Å²) >= 11 is 1.63. The summed E-state index contributed by atoms with van der Waals surface area (Å²) < 4.78 is 0. The van der Waals surface area contributed by atoms with E-state index in [4.69, 9.17) is 0 Å². The van der Waals surface area contributed by atoms with E-state index in [2.05, 4.69) is 23.5 Å². The van der Waals surface area contributed by atoms with Crippen LogP contribution in [0.5, 0.6) is 0 Å². The van der Waals surface area contributed by atoms with Crippen LogP contribution in [0.25, 0.3) is 0 Å². The quantitative estimate of drug-likeness (QED) is 0.883. The van der Waals surface area contributed by atoms with Crippen molar-refractivity contribution in [3.63, 3.8) is 0 Å². The number of carbonyl (C=O) groups excluding carboxylic acids is 1. The lowest BCUT2D eigenvalue weighted by Gasteiger charge is -2.35. The van der Waals surface area contributed by atoms with Gasteiger partial charge in [-0.1, -0.05) is 30.3 Å². The number of thiophene rings is 1. The SMILES string of the molecule is O=C(NCc1cccs1)N(CCO)C1CCCc2ccccc21. The van der Waals surface area contributed by atoms with Gasteiger partial charge in [0, 0.05) is 11.4 Å². The van der Waals surface area contributed by atoms with Crippen molar-refractivity contribution in [1.29, 1.82) is 0 Å². The molecule has 0 fully saturated rings. The second-order valence-corrected chi connectivity index (χ2v) is 6.79. The molecule has 2 aromatic rings. The second kappa shape index (κ2) is 7.62. The average Bonchev–Trinajstić information content (AvgIpc) is 3.11. The minimum Gasteiger partial charge on any atom is -0.395 e. The molecule has 1 unspecified atom stereocenters. The lowest BCUT2D eigenvalue weighted by atomic mass is 9.87. The van der Waals surface area contributed by atoms with Gasteiger partial charge in [0.1, 0.15) is 0 Å². The number of carbonyl (C=O) groups is 1.